The number of aromatic nitrogens is 1. The van der Waals surface area contributed by atoms with Crippen LogP contribution < -0.4 is 5.32 Å². The van der Waals surface area contributed by atoms with Crippen molar-refractivity contribution in [3.8, 4) is 0 Å². The van der Waals surface area contributed by atoms with Crippen molar-refractivity contribution >= 4 is 17.6 Å². The van der Waals surface area contributed by atoms with Crippen molar-refractivity contribution in [1.82, 2.24) is 10.1 Å². The maximum atomic E-state index is 12.0. The van der Waals surface area contributed by atoms with Crippen LogP contribution in [0, 0.1) is 12.8 Å². The minimum atomic E-state index is -0.650. The fourth-order valence-corrected chi connectivity index (χ4v) is 2.20. The predicted octanol–water partition coefficient (Wildman–Crippen LogP) is 1.57. The lowest BCUT2D eigenvalue weighted by Crippen LogP contribution is -2.40. The number of anilines is 1. The molecule has 6 heteroatoms. The van der Waals surface area contributed by atoms with Crippen LogP contribution in [0.15, 0.2) is 10.6 Å². The third-order valence-electron chi connectivity index (χ3n) is 3.37. The van der Waals surface area contributed by atoms with E-state index in [1.165, 1.54) is 0 Å². The number of hydrogen-bond donors (Lipinski definition) is 1. The molecule has 6 nitrogen and oxygen atoms in total. The summed E-state index contributed by atoms with van der Waals surface area (Å²) in [4.78, 5) is 25.5. The molecule has 2 rings (SSSR count). The number of nitrogens with one attached hydrogen (secondary N) is 1. The first-order chi connectivity index (χ1) is 9.06. The first kappa shape index (κ1) is 13.6. The molecular weight excluding hydrogens is 246 g/mol. The highest BCUT2D eigenvalue weighted by molar-refractivity contribution is 6.39. The molecule has 0 spiro atoms. The molecule has 2 heterocycles. The van der Waals surface area contributed by atoms with Gasteiger partial charge in [-0.05, 0) is 32.1 Å². The van der Waals surface area contributed by atoms with E-state index in [1.807, 2.05) is 0 Å². The summed E-state index contributed by atoms with van der Waals surface area (Å²) in [5, 5.41) is 6.09. The van der Waals surface area contributed by atoms with Gasteiger partial charge in [-0.25, -0.2) is 0 Å². The molecule has 1 N–H and O–H groups in total. The van der Waals surface area contributed by atoms with Crippen LogP contribution in [-0.2, 0) is 9.59 Å². The monoisotopic (exact) mass is 265 g/mol. The summed E-state index contributed by atoms with van der Waals surface area (Å²) in [6.45, 7) is 5.19. The Labute approximate surface area is 112 Å². The number of carbonyl (C=O) groups excluding carboxylic acids is 2. The van der Waals surface area contributed by atoms with Crippen LogP contribution in [0.4, 0.5) is 5.82 Å². The van der Waals surface area contributed by atoms with Gasteiger partial charge in [0.2, 0.25) is 0 Å². The predicted molar refractivity (Wildman–Crippen MR) is 69.5 cm³/mol. The van der Waals surface area contributed by atoms with E-state index in [4.69, 9.17) is 4.52 Å². The number of hydrogen-bond acceptors (Lipinski definition) is 4. The van der Waals surface area contributed by atoms with Gasteiger partial charge >= 0.3 is 11.8 Å². The lowest BCUT2D eigenvalue weighted by atomic mass is 10.0. The molecule has 1 aliphatic rings. The summed E-state index contributed by atoms with van der Waals surface area (Å²) >= 11 is 0. The van der Waals surface area contributed by atoms with Gasteiger partial charge in [0.25, 0.3) is 0 Å². The van der Waals surface area contributed by atoms with Crippen LogP contribution in [0.2, 0.25) is 0 Å². The quantitative estimate of drug-likeness (QED) is 0.782. The van der Waals surface area contributed by atoms with Crippen LogP contribution in [0.1, 0.15) is 31.9 Å². The smallest absolute Gasteiger partial charge is 0.315 e. The molecule has 0 aliphatic carbocycles. The van der Waals surface area contributed by atoms with Gasteiger partial charge in [0.05, 0.1) is 0 Å². The van der Waals surface area contributed by atoms with Crippen LogP contribution in [0.25, 0.3) is 0 Å². The van der Waals surface area contributed by atoms with E-state index in [9.17, 15) is 9.59 Å². The second-order valence-electron chi connectivity index (χ2n) is 5.11. The number of aryl methyl sites for hydroxylation is 1. The van der Waals surface area contributed by atoms with E-state index >= 15 is 0 Å². The van der Waals surface area contributed by atoms with Gasteiger partial charge in [0.15, 0.2) is 5.82 Å². The fourth-order valence-electron chi connectivity index (χ4n) is 2.20. The van der Waals surface area contributed by atoms with Gasteiger partial charge in [-0.2, -0.15) is 0 Å². The summed E-state index contributed by atoms with van der Waals surface area (Å²) in [6, 6.07) is 1.58. The normalized spacial score (nSPS) is 19.9. The Morgan fingerprint density at radius 1 is 1.42 bits per heavy atom. The zero-order chi connectivity index (χ0) is 13.8. The molecule has 0 bridgehead atoms. The van der Waals surface area contributed by atoms with E-state index in [0.717, 1.165) is 19.3 Å². The highest BCUT2D eigenvalue weighted by atomic mass is 16.5. The highest BCUT2D eigenvalue weighted by Gasteiger charge is 2.24. The number of likely N-dealkylation sites (tertiary alicyclic amines) is 1. The molecule has 0 aromatic carbocycles. The number of rotatable bonds is 1. The lowest BCUT2D eigenvalue weighted by Gasteiger charge is -2.19. The third-order valence-corrected chi connectivity index (χ3v) is 3.37. The van der Waals surface area contributed by atoms with Crippen molar-refractivity contribution in [2.45, 2.75) is 33.1 Å². The van der Waals surface area contributed by atoms with E-state index in [1.54, 1.807) is 17.9 Å². The van der Waals surface area contributed by atoms with Gasteiger partial charge in [0, 0.05) is 19.2 Å². The van der Waals surface area contributed by atoms with Gasteiger partial charge < -0.3 is 9.42 Å². The number of carbonyl (C=O) groups is 2. The molecule has 104 valence electrons. The Balaban J connectivity index is 1.93. The Kier molecular flexibility index (Phi) is 4.19. The van der Waals surface area contributed by atoms with Crippen LogP contribution in [-0.4, -0.2) is 35.0 Å². The molecule has 1 aromatic rings. The SMILES string of the molecule is Cc1cc(NC(=O)C(=O)N2CCC[C@@H](C)CC2)no1. The average molecular weight is 265 g/mol. The van der Waals surface area contributed by atoms with E-state index < -0.39 is 11.8 Å². The first-order valence-corrected chi connectivity index (χ1v) is 6.60. The Hall–Kier alpha value is -1.85. The molecular formula is C13H19N3O3. The number of amides is 2. The summed E-state index contributed by atoms with van der Waals surface area (Å²) < 4.78 is 4.84. The van der Waals surface area contributed by atoms with Crippen molar-refractivity contribution < 1.29 is 14.1 Å². The largest absolute Gasteiger partial charge is 0.360 e. The first-order valence-electron chi connectivity index (χ1n) is 6.60. The fraction of sp³-hybridized carbons (Fsp3) is 0.615. The highest BCUT2D eigenvalue weighted by Crippen LogP contribution is 2.16. The molecule has 0 unspecified atom stereocenters. The molecule has 0 radical (unpaired) electrons. The molecule has 2 amide bonds. The lowest BCUT2D eigenvalue weighted by molar-refractivity contribution is -0.143. The molecule has 1 aliphatic heterocycles. The molecule has 19 heavy (non-hydrogen) atoms. The Morgan fingerprint density at radius 2 is 2.21 bits per heavy atom. The minimum absolute atomic E-state index is 0.277. The zero-order valence-corrected chi connectivity index (χ0v) is 11.3. The Bertz CT molecular complexity index is 469. The molecule has 1 saturated heterocycles. The van der Waals surface area contributed by atoms with E-state index in [2.05, 4.69) is 17.4 Å². The molecule has 1 atom stereocenters. The maximum Gasteiger partial charge on any atom is 0.315 e. The number of nitrogens with zero attached hydrogens (tertiary/aromatic N) is 2. The second-order valence-corrected chi connectivity index (χ2v) is 5.11. The summed E-state index contributed by atoms with van der Waals surface area (Å²) in [5.41, 5.74) is 0. The minimum Gasteiger partial charge on any atom is -0.360 e. The standard InChI is InChI=1S/C13H19N3O3/c1-9-4-3-6-16(7-5-9)13(18)12(17)14-11-8-10(2)19-15-11/h8-9H,3-7H2,1-2H3,(H,14,15,17)/t9-/m1/s1. The van der Waals surface area contributed by atoms with E-state index in [0.29, 0.717) is 24.8 Å². The summed E-state index contributed by atoms with van der Waals surface area (Å²) in [7, 11) is 0. The van der Waals surface area contributed by atoms with E-state index in [-0.39, 0.29) is 5.82 Å². The van der Waals surface area contributed by atoms with Crippen LogP contribution in [0.3, 0.4) is 0 Å². The molecule has 1 aromatic heterocycles. The van der Waals surface area contributed by atoms with Crippen molar-refractivity contribution in [2.75, 3.05) is 18.4 Å². The van der Waals surface area contributed by atoms with Gasteiger partial charge in [-0.3, -0.25) is 14.9 Å². The summed E-state index contributed by atoms with van der Waals surface area (Å²) in [6.07, 6.45) is 3.00. The molecule has 1 fully saturated rings. The Morgan fingerprint density at radius 3 is 2.89 bits per heavy atom. The topological polar surface area (TPSA) is 75.4 Å². The molecule has 0 saturated carbocycles. The second kappa shape index (κ2) is 5.86. The van der Waals surface area contributed by atoms with Crippen LogP contribution >= 0.6 is 0 Å². The average Bonchev–Trinajstić information content (AvgIpc) is 2.65. The van der Waals surface area contributed by atoms with Gasteiger partial charge in [-0.1, -0.05) is 12.1 Å². The summed E-state index contributed by atoms with van der Waals surface area (Å²) in [5.74, 6) is 0.335. The van der Waals surface area contributed by atoms with Crippen molar-refractivity contribution in [1.29, 1.82) is 0 Å². The zero-order valence-electron chi connectivity index (χ0n) is 11.3. The maximum absolute atomic E-state index is 12.0. The van der Waals surface area contributed by atoms with Crippen molar-refractivity contribution in [3.63, 3.8) is 0 Å². The van der Waals surface area contributed by atoms with Gasteiger partial charge in [-0.15, -0.1) is 0 Å². The van der Waals surface area contributed by atoms with Crippen molar-refractivity contribution in [2.24, 2.45) is 5.92 Å². The third kappa shape index (κ3) is 3.56. The van der Waals surface area contributed by atoms with Gasteiger partial charge in [0.1, 0.15) is 5.76 Å². The van der Waals surface area contributed by atoms with Crippen molar-refractivity contribution in [3.05, 3.63) is 11.8 Å². The van der Waals surface area contributed by atoms with Crippen LogP contribution in [0.5, 0.6) is 0 Å².